The van der Waals surface area contributed by atoms with Crippen molar-refractivity contribution in [2.45, 2.75) is 104 Å². The molecule has 228 valence electrons. The van der Waals surface area contributed by atoms with Gasteiger partial charge in [-0.3, -0.25) is 0 Å². The van der Waals surface area contributed by atoms with Gasteiger partial charge >= 0.3 is 0 Å². The van der Waals surface area contributed by atoms with Gasteiger partial charge in [0.2, 0.25) is 0 Å². The fourth-order valence-corrected chi connectivity index (χ4v) is 6.55. The lowest BCUT2D eigenvalue weighted by Crippen LogP contribution is -2.62. The summed E-state index contributed by atoms with van der Waals surface area (Å²) in [5.74, 6) is -0.0204. The van der Waals surface area contributed by atoms with Gasteiger partial charge in [0.05, 0.1) is 38.6 Å². The molecule has 42 heavy (non-hydrogen) atoms. The van der Waals surface area contributed by atoms with Gasteiger partial charge in [-0.15, -0.1) is 0 Å². The number of unbranched alkanes of at least 4 members (excludes halogenated alkanes) is 2. The van der Waals surface area contributed by atoms with E-state index in [1.54, 1.807) is 0 Å². The highest BCUT2D eigenvalue weighted by Gasteiger charge is 2.54. The predicted octanol–water partition coefficient (Wildman–Crippen LogP) is 8.09. The fourth-order valence-electron chi connectivity index (χ4n) is 6.55. The van der Waals surface area contributed by atoms with Gasteiger partial charge in [-0.2, -0.15) is 0 Å². The molecule has 5 nitrogen and oxygen atoms in total. The number of rotatable bonds is 17. The molecule has 3 aromatic rings. The third-order valence-electron chi connectivity index (χ3n) is 9.03. The van der Waals surface area contributed by atoms with E-state index in [1.165, 1.54) is 12.8 Å². The first-order chi connectivity index (χ1) is 20.6. The molecule has 1 aliphatic rings. The molecule has 5 atom stereocenters. The van der Waals surface area contributed by atoms with Crippen molar-refractivity contribution in [3.05, 3.63) is 108 Å². The summed E-state index contributed by atoms with van der Waals surface area (Å²) >= 11 is 0. The Morgan fingerprint density at radius 3 is 1.67 bits per heavy atom. The molecule has 0 spiro atoms. The monoisotopic (exact) mass is 574 g/mol. The third kappa shape index (κ3) is 8.75. The highest BCUT2D eigenvalue weighted by molar-refractivity contribution is 5.15. The van der Waals surface area contributed by atoms with Gasteiger partial charge in [-0.05, 0) is 28.5 Å². The van der Waals surface area contributed by atoms with Crippen molar-refractivity contribution in [3.8, 4) is 0 Å². The summed E-state index contributed by atoms with van der Waals surface area (Å²) in [6.45, 7) is 8.51. The van der Waals surface area contributed by atoms with Crippen molar-refractivity contribution < 1.29 is 24.1 Å². The van der Waals surface area contributed by atoms with Crippen LogP contribution >= 0.6 is 0 Å². The van der Waals surface area contributed by atoms with E-state index in [9.17, 15) is 5.11 Å². The maximum absolute atomic E-state index is 11.5. The first kappa shape index (κ1) is 32.4. The molecular formula is C37H50O5. The Bertz CT molecular complexity index is 1120. The highest BCUT2D eigenvalue weighted by atomic mass is 16.7. The predicted molar refractivity (Wildman–Crippen MR) is 168 cm³/mol. The summed E-state index contributed by atoms with van der Waals surface area (Å²) in [6, 6.07) is 30.5. The maximum Gasteiger partial charge on any atom is 0.184 e. The maximum atomic E-state index is 11.5. The number of hydrogen-bond donors (Lipinski definition) is 1. The zero-order chi connectivity index (χ0) is 29.6. The van der Waals surface area contributed by atoms with Crippen molar-refractivity contribution in [1.29, 1.82) is 0 Å². The Balaban J connectivity index is 1.65. The zero-order valence-corrected chi connectivity index (χ0v) is 25.7. The average molecular weight is 575 g/mol. The van der Waals surface area contributed by atoms with Crippen molar-refractivity contribution in [2.75, 3.05) is 6.61 Å². The molecular weight excluding hydrogens is 524 g/mol. The molecule has 0 saturated carbocycles. The van der Waals surface area contributed by atoms with Crippen LogP contribution in [0.15, 0.2) is 91.0 Å². The molecule has 5 unspecified atom stereocenters. The van der Waals surface area contributed by atoms with Crippen LogP contribution in [0.5, 0.6) is 0 Å². The average Bonchev–Trinajstić information content (AvgIpc) is 3.03. The van der Waals surface area contributed by atoms with E-state index in [0.29, 0.717) is 26.4 Å². The molecule has 5 heteroatoms. The molecule has 1 fully saturated rings. The minimum absolute atomic E-state index is 0.0204. The van der Waals surface area contributed by atoms with E-state index in [0.717, 1.165) is 42.4 Å². The first-order valence-electron chi connectivity index (χ1n) is 15.9. The number of benzene rings is 3. The second-order valence-electron chi connectivity index (χ2n) is 11.6. The number of aliphatic hydroxyl groups is 1. The Morgan fingerprint density at radius 1 is 0.667 bits per heavy atom. The summed E-state index contributed by atoms with van der Waals surface area (Å²) in [5.41, 5.74) is 3.22. The molecule has 0 radical (unpaired) electrons. The molecule has 0 aliphatic carbocycles. The minimum Gasteiger partial charge on any atom is -0.374 e. The Kier molecular flexibility index (Phi) is 13.1. The molecule has 1 saturated heterocycles. The highest BCUT2D eigenvalue weighted by Crippen LogP contribution is 2.49. The lowest BCUT2D eigenvalue weighted by atomic mass is 9.62. The smallest absolute Gasteiger partial charge is 0.184 e. The third-order valence-corrected chi connectivity index (χ3v) is 9.03. The lowest BCUT2D eigenvalue weighted by molar-refractivity contribution is -0.314. The molecule has 1 heterocycles. The van der Waals surface area contributed by atoms with Crippen molar-refractivity contribution in [1.82, 2.24) is 0 Å². The standard InChI is InChI=1S/C37H50O5/c1-4-7-17-24-37(5-2,6-3)33-32(28-39-25-29-18-11-8-12-19-29)42-36(38)35(41-27-31-22-15-10-16-23-31)34(33)40-26-30-20-13-9-14-21-30/h8-16,18-23,32-36,38H,4-7,17,24-28H2,1-3H3. The van der Waals surface area contributed by atoms with Crippen molar-refractivity contribution in [2.24, 2.45) is 11.3 Å². The van der Waals surface area contributed by atoms with Crippen molar-refractivity contribution >= 4 is 0 Å². The van der Waals surface area contributed by atoms with Gasteiger partial charge in [-0.25, -0.2) is 0 Å². The van der Waals surface area contributed by atoms with Crippen LogP contribution in [0.1, 0.15) is 76.0 Å². The van der Waals surface area contributed by atoms with Gasteiger partial charge in [0, 0.05) is 5.92 Å². The van der Waals surface area contributed by atoms with E-state index < -0.39 is 12.4 Å². The Labute approximate surface area is 253 Å². The topological polar surface area (TPSA) is 57.2 Å². The number of hydrogen-bond acceptors (Lipinski definition) is 5. The van der Waals surface area contributed by atoms with Gasteiger partial charge in [-0.1, -0.05) is 144 Å². The van der Waals surface area contributed by atoms with Gasteiger partial charge in [0.25, 0.3) is 0 Å². The molecule has 4 rings (SSSR count). The van der Waals surface area contributed by atoms with E-state index in [1.807, 2.05) is 66.7 Å². The van der Waals surface area contributed by atoms with Crippen LogP contribution in [0, 0.1) is 11.3 Å². The SMILES string of the molecule is CCCCCC(CC)(CC)C1C(COCc2ccccc2)OC(O)C(OCc2ccccc2)C1OCc1ccccc1. The van der Waals surface area contributed by atoms with Crippen LogP contribution in [0.4, 0.5) is 0 Å². The summed E-state index contributed by atoms with van der Waals surface area (Å²) in [5, 5.41) is 11.5. The first-order valence-corrected chi connectivity index (χ1v) is 15.9. The largest absolute Gasteiger partial charge is 0.374 e. The molecule has 0 aromatic heterocycles. The normalized spacial score (nSPS) is 22.7. The second-order valence-corrected chi connectivity index (χ2v) is 11.6. The number of ether oxygens (including phenoxy) is 4. The summed E-state index contributed by atoms with van der Waals surface area (Å²) in [7, 11) is 0. The van der Waals surface area contributed by atoms with Crippen LogP contribution in [0.3, 0.4) is 0 Å². The second kappa shape index (κ2) is 16.9. The Morgan fingerprint density at radius 2 is 1.17 bits per heavy atom. The van der Waals surface area contributed by atoms with Crippen LogP contribution in [-0.2, 0) is 38.8 Å². The Hall–Kier alpha value is -2.54. The minimum atomic E-state index is -1.13. The number of aliphatic hydroxyl groups excluding tert-OH is 1. The van der Waals surface area contributed by atoms with E-state index in [2.05, 4.69) is 45.0 Å². The van der Waals surface area contributed by atoms with Crippen LogP contribution < -0.4 is 0 Å². The zero-order valence-electron chi connectivity index (χ0n) is 25.7. The summed E-state index contributed by atoms with van der Waals surface area (Å²) in [6.07, 6.45) is 4.10. The van der Waals surface area contributed by atoms with E-state index in [-0.39, 0.29) is 23.5 Å². The lowest BCUT2D eigenvalue weighted by Gasteiger charge is -2.53. The summed E-state index contributed by atoms with van der Waals surface area (Å²) in [4.78, 5) is 0. The van der Waals surface area contributed by atoms with Crippen LogP contribution in [-0.4, -0.2) is 36.3 Å². The van der Waals surface area contributed by atoms with E-state index >= 15 is 0 Å². The van der Waals surface area contributed by atoms with Gasteiger partial charge in [0.15, 0.2) is 6.29 Å². The molecule has 1 aliphatic heterocycles. The van der Waals surface area contributed by atoms with Gasteiger partial charge < -0.3 is 24.1 Å². The summed E-state index contributed by atoms with van der Waals surface area (Å²) < 4.78 is 26.1. The fraction of sp³-hybridized carbons (Fsp3) is 0.514. The molecule has 3 aromatic carbocycles. The van der Waals surface area contributed by atoms with Crippen LogP contribution in [0.25, 0.3) is 0 Å². The van der Waals surface area contributed by atoms with E-state index in [4.69, 9.17) is 18.9 Å². The quantitative estimate of drug-likeness (QED) is 0.165. The van der Waals surface area contributed by atoms with Gasteiger partial charge in [0.1, 0.15) is 6.10 Å². The molecule has 0 bridgehead atoms. The molecule has 0 amide bonds. The van der Waals surface area contributed by atoms with Crippen LogP contribution in [0.2, 0.25) is 0 Å². The van der Waals surface area contributed by atoms with Crippen molar-refractivity contribution in [3.63, 3.8) is 0 Å². The molecule has 1 N–H and O–H groups in total.